The van der Waals surface area contributed by atoms with Crippen LogP contribution in [0.1, 0.15) is 11.3 Å². The van der Waals surface area contributed by atoms with E-state index in [-0.39, 0.29) is 5.52 Å². The van der Waals surface area contributed by atoms with E-state index in [4.69, 9.17) is 0 Å². The van der Waals surface area contributed by atoms with Crippen molar-refractivity contribution in [2.24, 2.45) is 0 Å². The van der Waals surface area contributed by atoms with Crippen molar-refractivity contribution in [1.29, 1.82) is 0 Å². The summed E-state index contributed by atoms with van der Waals surface area (Å²) in [5, 5.41) is 3.62. The molecule has 0 amide bonds. The number of pyridine rings is 1. The van der Waals surface area contributed by atoms with Crippen molar-refractivity contribution in [2.75, 3.05) is 23.3 Å². The van der Waals surface area contributed by atoms with E-state index in [9.17, 15) is 17.6 Å². The van der Waals surface area contributed by atoms with E-state index in [0.717, 1.165) is 23.4 Å². The first kappa shape index (κ1) is 18.0. The fourth-order valence-corrected chi connectivity index (χ4v) is 3.72. The highest BCUT2D eigenvalue weighted by atomic mass is 79.9. The summed E-state index contributed by atoms with van der Waals surface area (Å²) in [5.41, 5.74) is 0.835. The fraction of sp³-hybridized carbons (Fsp3) is 0.211. The summed E-state index contributed by atoms with van der Waals surface area (Å²) in [7, 11) is 0. The summed E-state index contributed by atoms with van der Waals surface area (Å²) in [6.07, 6.45) is -4.66. The molecule has 1 aromatic heterocycles. The molecule has 27 heavy (non-hydrogen) atoms. The second-order valence-electron chi connectivity index (χ2n) is 6.31. The highest BCUT2D eigenvalue weighted by Crippen LogP contribution is 2.37. The number of alkyl halides is 3. The molecule has 1 N–H and O–H groups in total. The number of benzene rings is 2. The van der Waals surface area contributed by atoms with Gasteiger partial charge in [-0.05, 0) is 29.8 Å². The van der Waals surface area contributed by atoms with E-state index in [2.05, 4.69) is 26.2 Å². The van der Waals surface area contributed by atoms with Crippen LogP contribution in [0.2, 0.25) is 0 Å². The number of nitrogens with one attached hydrogen (secondary N) is 1. The molecule has 0 spiro atoms. The van der Waals surface area contributed by atoms with Crippen molar-refractivity contribution in [3.8, 4) is 0 Å². The molecule has 3 aromatic rings. The predicted molar refractivity (Wildman–Crippen MR) is 100 cm³/mol. The van der Waals surface area contributed by atoms with Crippen LogP contribution in [0.3, 0.4) is 0 Å². The average Bonchev–Trinajstić information content (AvgIpc) is 2.82. The molecule has 0 aliphatic carbocycles. The van der Waals surface area contributed by atoms with Gasteiger partial charge in [-0.25, -0.2) is 9.37 Å². The highest BCUT2D eigenvalue weighted by molar-refractivity contribution is 9.10. The molecule has 0 saturated heterocycles. The van der Waals surface area contributed by atoms with Gasteiger partial charge in [-0.15, -0.1) is 0 Å². The van der Waals surface area contributed by atoms with Crippen molar-refractivity contribution in [1.82, 2.24) is 4.98 Å². The molecule has 4 rings (SSSR count). The average molecular weight is 440 g/mol. The quantitative estimate of drug-likeness (QED) is 0.501. The molecule has 0 saturated carbocycles. The Balaban J connectivity index is 1.92. The van der Waals surface area contributed by atoms with Crippen LogP contribution in [0.4, 0.5) is 28.9 Å². The molecule has 1 aliphatic rings. The molecular formula is C19H14BrF4N3. The Morgan fingerprint density at radius 3 is 2.67 bits per heavy atom. The van der Waals surface area contributed by atoms with Crippen molar-refractivity contribution in [3.63, 3.8) is 0 Å². The van der Waals surface area contributed by atoms with Gasteiger partial charge in [0.2, 0.25) is 0 Å². The number of halogens is 5. The number of rotatable bonds is 1. The zero-order chi connectivity index (χ0) is 19.2. The minimum absolute atomic E-state index is 0.284. The van der Waals surface area contributed by atoms with Crippen LogP contribution in [-0.2, 0) is 12.7 Å². The standard InChI is InChI=1S/C19H14BrF4N3/c20-12-7-13-16(9-17(19(22,23)24)26-18(13)14(21)8-12)27-6-5-25-15-4-2-1-3-11(15)10-27/h1-4,7-9,25H,5-6,10H2. The summed E-state index contributed by atoms with van der Waals surface area (Å²) in [6.45, 7) is 1.44. The van der Waals surface area contributed by atoms with Gasteiger partial charge in [0.1, 0.15) is 11.2 Å². The smallest absolute Gasteiger partial charge is 0.383 e. The number of para-hydroxylation sites is 1. The van der Waals surface area contributed by atoms with Crippen LogP contribution in [0.15, 0.2) is 46.9 Å². The number of anilines is 2. The zero-order valence-corrected chi connectivity index (χ0v) is 15.5. The highest BCUT2D eigenvalue weighted by Gasteiger charge is 2.34. The molecule has 8 heteroatoms. The van der Waals surface area contributed by atoms with Crippen LogP contribution in [0.5, 0.6) is 0 Å². The van der Waals surface area contributed by atoms with E-state index in [1.54, 1.807) is 6.07 Å². The SMILES string of the molecule is Fc1cc(Br)cc2c(N3CCNc4ccccc4C3)cc(C(F)(F)F)nc12. The van der Waals surface area contributed by atoms with Gasteiger partial charge in [-0.1, -0.05) is 34.1 Å². The Hall–Kier alpha value is -2.35. The number of hydrogen-bond donors (Lipinski definition) is 1. The van der Waals surface area contributed by atoms with Gasteiger partial charge < -0.3 is 10.2 Å². The van der Waals surface area contributed by atoms with E-state index in [1.807, 2.05) is 29.2 Å². The number of hydrogen-bond acceptors (Lipinski definition) is 3. The van der Waals surface area contributed by atoms with Crippen LogP contribution in [-0.4, -0.2) is 18.1 Å². The van der Waals surface area contributed by atoms with E-state index in [1.165, 1.54) is 0 Å². The van der Waals surface area contributed by atoms with Gasteiger partial charge in [0.05, 0.1) is 0 Å². The minimum atomic E-state index is -4.66. The number of fused-ring (bicyclic) bond motifs is 2. The molecular weight excluding hydrogens is 426 g/mol. The van der Waals surface area contributed by atoms with Crippen molar-refractivity contribution < 1.29 is 17.6 Å². The summed E-state index contributed by atoms with van der Waals surface area (Å²) in [6, 6.07) is 11.4. The van der Waals surface area contributed by atoms with Gasteiger partial charge >= 0.3 is 6.18 Å². The third-order valence-corrected chi connectivity index (χ3v) is 4.97. The Bertz CT molecular complexity index is 1020. The number of nitrogens with zero attached hydrogens (tertiary/aromatic N) is 2. The van der Waals surface area contributed by atoms with E-state index >= 15 is 0 Å². The van der Waals surface area contributed by atoms with Crippen molar-refractivity contribution >= 4 is 38.2 Å². The lowest BCUT2D eigenvalue weighted by Gasteiger charge is -2.25. The molecule has 0 fully saturated rings. The van der Waals surface area contributed by atoms with Gasteiger partial charge in [0.15, 0.2) is 5.82 Å². The van der Waals surface area contributed by atoms with Crippen LogP contribution < -0.4 is 10.2 Å². The van der Waals surface area contributed by atoms with Gasteiger partial charge in [-0.3, -0.25) is 0 Å². The van der Waals surface area contributed by atoms with Crippen LogP contribution >= 0.6 is 15.9 Å². The maximum atomic E-state index is 14.4. The van der Waals surface area contributed by atoms with Crippen molar-refractivity contribution in [2.45, 2.75) is 12.7 Å². The molecule has 2 heterocycles. The summed E-state index contributed by atoms with van der Waals surface area (Å²) in [5.74, 6) is -0.792. The molecule has 140 valence electrons. The van der Waals surface area contributed by atoms with E-state index in [0.29, 0.717) is 35.2 Å². The monoisotopic (exact) mass is 439 g/mol. The second-order valence-corrected chi connectivity index (χ2v) is 7.23. The van der Waals surface area contributed by atoms with E-state index < -0.39 is 17.7 Å². The molecule has 2 aromatic carbocycles. The second kappa shape index (κ2) is 6.67. The Morgan fingerprint density at radius 1 is 1.11 bits per heavy atom. The summed E-state index contributed by atoms with van der Waals surface area (Å²) >= 11 is 3.22. The Kier molecular flexibility index (Phi) is 4.46. The lowest BCUT2D eigenvalue weighted by atomic mass is 10.1. The lowest BCUT2D eigenvalue weighted by molar-refractivity contribution is -0.140. The van der Waals surface area contributed by atoms with Crippen LogP contribution in [0, 0.1) is 5.82 Å². The Morgan fingerprint density at radius 2 is 1.89 bits per heavy atom. The molecule has 1 aliphatic heterocycles. The zero-order valence-electron chi connectivity index (χ0n) is 13.9. The number of aromatic nitrogens is 1. The van der Waals surface area contributed by atoms with Gasteiger partial charge in [0, 0.05) is 40.9 Å². The largest absolute Gasteiger partial charge is 0.433 e. The lowest BCUT2D eigenvalue weighted by Crippen LogP contribution is -2.26. The van der Waals surface area contributed by atoms with Crippen molar-refractivity contribution in [3.05, 3.63) is 64.0 Å². The summed E-state index contributed by atoms with van der Waals surface area (Å²) in [4.78, 5) is 5.37. The minimum Gasteiger partial charge on any atom is -0.383 e. The summed E-state index contributed by atoms with van der Waals surface area (Å²) < 4.78 is 54.9. The first-order chi connectivity index (χ1) is 12.8. The molecule has 3 nitrogen and oxygen atoms in total. The van der Waals surface area contributed by atoms with Gasteiger partial charge in [0.25, 0.3) is 0 Å². The first-order valence-corrected chi connectivity index (χ1v) is 9.06. The first-order valence-electron chi connectivity index (χ1n) is 8.26. The maximum Gasteiger partial charge on any atom is 0.433 e. The third kappa shape index (κ3) is 3.45. The maximum absolute atomic E-state index is 14.4. The van der Waals surface area contributed by atoms with Gasteiger partial charge in [-0.2, -0.15) is 13.2 Å². The molecule has 0 unspecified atom stereocenters. The fourth-order valence-electron chi connectivity index (χ4n) is 3.29. The molecule has 0 radical (unpaired) electrons. The topological polar surface area (TPSA) is 28.2 Å². The predicted octanol–water partition coefficient (Wildman–Crippen LogP) is 5.59. The normalized spacial score (nSPS) is 14.6. The molecule has 0 atom stereocenters. The third-order valence-electron chi connectivity index (χ3n) is 4.52. The molecule has 0 bridgehead atoms. The Labute approximate surface area is 161 Å². The van der Waals surface area contributed by atoms with Crippen LogP contribution in [0.25, 0.3) is 10.9 Å².